The SMILES string of the molecule is COC1=C(OC)[C@@]2(OC)Oc3c(cc(OC)c(OC)c3OC)[C@H]3[C@H](C)[C@@H](C)C=C(C1=O)[C@H]32. The van der Waals surface area contributed by atoms with Gasteiger partial charge in [-0.2, -0.15) is 0 Å². The van der Waals surface area contributed by atoms with Crippen LogP contribution in [-0.2, 0) is 19.0 Å². The average Bonchev–Trinajstić information content (AvgIpc) is 2.81. The van der Waals surface area contributed by atoms with Crippen molar-refractivity contribution in [1.82, 2.24) is 0 Å². The number of hydrogen-bond donors (Lipinski definition) is 0. The molecule has 0 bridgehead atoms. The van der Waals surface area contributed by atoms with Gasteiger partial charge in [0.2, 0.25) is 28.8 Å². The number of ether oxygens (including phenoxy) is 7. The zero-order valence-corrected chi connectivity index (χ0v) is 19.7. The summed E-state index contributed by atoms with van der Waals surface area (Å²) < 4.78 is 40.8. The second-order valence-electron chi connectivity index (χ2n) is 8.28. The van der Waals surface area contributed by atoms with E-state index in [2.05, 4.69) is 13.8 Å². The average molecular weight is 446 g/mol. The fourth-order valence-electron chi connectivity index (χ4n) is 5.46. The molecule has 0 radical (unpaired) electrons. The summed E-state index contributed by atoms with van der Waals surface area (Å²) in [7, 11) is 9.12. The lowest BCUT2D eigenvalue weighted by atomic mass is 9.59. The third-order valence-electron chi connectivity index (χ3n) is 7.07. The van der Waals surface area contributed by atoms with E-state index in [1.165, 1.54) is 21.3 Å². The van der Waals surface area contributed by atoms with Crippen molar-refractivity contribution in [3.63, 3.8) is 0 Å². The predicted octanol–water partition coefficient (Wildman–Crippen LogP) is 3.45. The number of fused-ring (bicyclic) bond motifs is 2. The maximum atomic E-state index is 13.4. The summed E-state index contributed by atoms with van der Waals surface area (Å²) in [5.41, 5.74) is 1.46. The Morgan fingerprint density at radius 2 is 1.59 bits per heavy atom. The van der Waals surface area contributed by atoms with Gasteiger partial charge in [0, 0.05) is 24.2 Å². The Morgan fingerprint density at radius 3 is 2.12 bits per heavy atom. The molecule has 0 spiro atoms. The van der Waals surface area contributed by atoms with E-state index in [9.17, 15) is 4.79 Å². The lowest BCUT2D eigenvalue weighted by Crippen LogP contribution is -2.59. The monoisotopic (exact) mass is 446 g/mol. The van der Waals surface area contributed by atoms with Crippen LogP contribution in [0, 0.1) is 17.8 Å². The van der Waals surface area contributed by atoms with Gasteiger partial charge in [-0.1, -0.05) is 19.9 Å². The molecule has 0 unspecified atom stereocenters. The maximum Gasteiger partial charge on any atom is 0.280 e. The lowest BCUT2D eigenvalue weighted by Gasteiger charge is -2.54. The minimum Gasteiger partial charge on any atom is -0.493 e. The van der Waals surface area contributed by atoms with Gasteiger partial charge in [-0.05, 0) is 17.9 Å². The summed E-state index contributed by atoms with van der Waals surface area (Å²) in [6.07, 6.45) is 2.00. The Morgan fingerprint density at radius 1 is 0.906 bits per heavy atom. The highest BCUT2D eigenvalue weighted by Gasteiger charge is 2.64. The van der Waals surface area contributed by atoms with Crippen LogP contribution < -0.4 is 18.9 Å². The topological polar surface area (TPSA) is 81.7 Å². The summed E-state index contributed by atoms with van der Waals surface area (Å²) in [5.74, 6) is 0.100. The quantitative estimate of drug-likeness (QED) is 0.657. The number of ketones is 1. The molecule has 5 atom stereocenters. The molecule has 1 aromatic rings. The highest BCUT2D eigenvalue weighted by molar-refractivity contribution is 6.09. The molecular weight excluding hydrogens is 416 g/mol. The first-order valence-electron chi connectivity index (χ1n) is 10.5. The molecule has 0 saturated heterocycles. The molecule has 1 aromatic carbocycles. The van der Waals surface area contributed by atoms with Gasteiger partial charge in [0.1, 0.15) is 0 Å². The normalized spacial score (nSPS) is 30.5. The Kier molecular flexibility index (Phi) is 5.53. The molecule has 174 valence electrons. The van der Waals surface area contributed by atoms with E-state index in [1.54, 1.807) is 21.3 Å². The molecule has 8 heteroatoms. The number of carbonyl (C=O) groups is 1. The molecule has 0 aromatic heterocycles. The zero-order valence-electron chi connectivity index (χ0n) is 19.7. The fraction of sp³-hybridized carbons (Fsp3) is 0.542. The predicted molar refractivity (Wildman–Crippen MR) is 115 cm³/mol. The number of rotatable bonds is 6. The molecule has 1 heterocycles. The molecule has 32 heavy (non-hydrogen) atoms. The molecule has 8 nitrogen and oxygen atoms in total. The maximum absolute atomic E-state index is 13.4. The van der Waals surface area contributed by atoms with Crippen LogP contribution in [0.1, 0.15) is 25.3 Å². The number of benzene rings is 1. The van der Waals surface area contributed by atoms with Crippen LogP contribution >= 0.6 is 0 Å². The van der Waals surface area contributed by atoms with Crippen LogP contribution in [0.3, 0.4) is 0 Å². The number of hydrogen-bond acceptors (Lipinski definition) is 8. The van der Waals surface area contributed by atoms with Crippen LogP contribution in [0.2, 0.25) is 0 Å². The minimum absolute atomic E-state index is 0.0697. The second-order valence-corrected chi connectivity index (χ2v) is 8.28. The summed E-state index contributed by atoms with van der Waals surface area (Å²) in [6.45, 7) is 4.26. The largest absolute Gasteiger partial charge is 0.493 e. The highest BCUT2D eigenvalue weighted by Crippen LogP contribution is 2.63. The fourth-order valence-corrected chi connectivity index (χ4v) is 5.46. The van der Waals surface area contributed by atoms with Gasteiger partial charge in [-0.15, -0.1) is 0 Å². The van der Waals surface area contributed by atoms with Crippen molar-refractivity contribution < 1.29 is 38.0 Å². The van der Waals surface area contributed by atoms with Crippen molar-refractivity contribution in [2.24, 2.45) is 17.8 Å². The summed E-state index contributed by atoms with van der Waals surface area (Å²) in [5, 5.41) is 0. The third-order valence-corrected chi connectivity index (χ3v) is 7.07. The molecule has 3 aliphatic rings. The Bertz CT molecular complexity index is 1010. The van der Waals surface area contributed by atoms with Gasteiger partial charge in [-0.3, -0.25) is 4.79 Å². The van der Waals surface area contributed by atoms with E-state index in [1.807, 2.05) is 12.1 Å². The Balaban J connectivity index is 2.12. The molecule has 0 N–H and O–H groups in total. The minimum atomic E-state index is -1.42. The number of methoxy groups -OCH3 is 6. The van der Waals surface area contributed by atoms with Crippen LogP contribution in [0.25, 0.3) is 0 Å². The molecular formula is C24H30O8. The molecule has 0 amide bonds. The standard InChI is InChI=1S/C24H30O8/c1-11-9-14-17-16(12(11)2)13-10-15(26-3)20(27-4)22(29-6)19(13)32-24(17,31-8)23(30-7)21(28-5)18(14)25/h9-12,16-17H,1-8H3/t11-,12+,16+,17+,24-/m0/s1. The summed E-state index contributed by atoms with van der Waals surface area (Å²) in [4.78, 5) is 13.4. The Hall–Kier alpha value is -2.87. The molecule has 0 saturated carbocycles. The van der Waals surface area contributed by atoms with Gasteiger partial charge in [-0.25, -0.2) is 0 Å². The second kappa shape index (κ2) is 7.92. The van der Waals surface area contributed by atoms with Crippen molar-refractivity contribution in [2.75, 3.05) is 42.7 Å². The van der Waals surface area contributed by atoms with Gasteiger partial charge < -0.3 is 33.2 Å². The molecule has 2 aliphatic carbocycles. The van der Waals surface area contributed by atoms with Gasteiger partial charge in [0.25, 0.3) is 5.79 Å². The number of Topliss-reactive ketones (excluding diaryl/α,β-unsaturated/α-hetero) is 1. The van der Waals surface area contributed by atoms with E-state index >= 15 is 0 Å². The van der Waals surface area contributed by atoms with Crippen LogP contribution in [-0.4, -0.2) is 54.2 Å². The molecule has 4 rings (SSSR count). The van der Waals surface area contributed by atoms with Gasteiger partial charge in [0.05, 0.1) is 41.5 Å². The number of allylic oxidation sites excluding steroid dienone is 2. The highest BCUT2D eigenvalue weighted by atomic mass is 16.7. The van der Waals surface area contributed by atoms with E-state index in [0.29, 0.717) is 28.6 Å². The van der Waals surface area contributed by atoms with E-state index in [-0.39, 0.29) is 35.1 Å². The van der Waals surface area contributed by atoms with Crippen molar-refractivity contribution in [3.05, 3.63) is 34.8 Å². The zero-order chi connectivity index (χ0) is 23.4. The van der Waals surface area contributed by atoms with Crippen LogP contribution in [0.4, 0.5) is 0 Å². The summed E-state index contributed by atoms with van der Waals surface area (Å²) >= 11 is 0. The Labute approximate surface area is 188 Å². The third kappa shape index (κ3) is 2.68. The summed E-state index contributed by atoms with van der Waals surface area (Å²) in [6, 6.07) is 1.90. The smallest absolute Gasteiger partial charge is 0.280 e. The molecule has 0 fully saturated rings. The van der Waals surface area contributed by atoms with Crippen LogP contribution in [0.15, 0.2) is 29.2 Å². The van der Waals surface area contributed by atoms with Crippen molar-refractivity contribution >= 4 is 5.78 Å². The van der Waals surface area contributed by atoms with E-state index < -0.39 is 11.7 Å². The van der Waals surface area contributed by atoms with Crippen molar-refractivity contribution in [1.29, 1.82) is 0 Å². The first-order valence-corrected chi connectivity index (χ1v) is 10.5. The molecule has 1 aliphatic heterocycles. The first-order chi connectivity index (χ1) is 15.3. The van der Waals surface area contributed by atoms with Gasteiger partial charge >= 0.3 is 0 Å². The van der Waals surface area contributed by atoms with Crippen molar-refractivity contribution in [3.8, 4) is 23.0 Å². The van der Waals surface area contributed by atoms with Gasteiger partial charge in [0.15, 0.2) is 11.5 Å². The van der Waals surface area contributed by atoms with Crippen molar-refractivity contribution in [2.45, 2.75) is 25.6 Å². The van der Waals surface area contributed by atoms with Crippen LogP contribution in [0.5, 0.6) is 23.0 Å². The lowest BCUT2D eigenvalue weighted by molar-refractivity contribution is -0.213. The van der Waals surface area contributed by atoms with E-state index in [0.717, 1.165) is 5.56 Å². The van der Waals surface area contributed by atoms with E-state index in [4.69, 9.17) is 33.2 Å². The first kappa shape index (κ1) is 22.3. The number of carbonyl (C=O) groups excluding carboxylic acids is 1.